The minimum Gasteiger partial charge on any atom is -0.497 e. The van der Waals surface area contributed by atoms with Gasteiger partial charge in [0.2, 0.25) is 0 Å². The molecule has 1 aromatic carbocycles. The highest BCUT2D eigenvalue weighted by Crippen LogP contribution is 2.57. The second-order valence-corrected chi connectivity index (χ2v) is 7.29. The molecule has 3 heteroatoms. The highest BCUT2D eigenvalue weighted by molar-refractivity contribution is 5.77. The van der Waals surface area contributed by atoms with Gasteiger partial charge in [-0.25, -0.2) is 0 Å². The summed E-state index contributed by atoms with van der Waals surface area (Å²) in [6.45, 7) is 4.43. The normalized spacial score (nSPS) is 33.5. The van der Waals surface area contributed by atoms with Gasteiger partial charge in [-0.15, -0.1) is 0 Å². The van der Waals surface area contributed by atoms with Gasteiger partial charge in [0.05, 0.1) is 19.6 Å². The number of hydrogen-bond acceptors (Lipinski definition) is 3. The Balaban J connectivity index is 2.09. The van der Waals surface area contributed by atoms with Crippen molar-refractivity contribution in [3.63, 3.8) is 0 Å². The lowest BCUT2D eigenvalue weighted by molar-refractivity contribution is -0.161. The molecule has 0 bridgehead atoms. The van der Waals surface area contributed by atoms with E-state index >= 15 is 0 Å². The Morgan fingerprint density at radius 2 is 2.00 bits per heavy atom. The molecule has 0 aromatic heterocycles. The predicted octanol–water partition coefficient (Wildman–Crippen LogP) is 3.88. The number of benzene rings is 1. The average Bonchev–Trinajstić information content (AvgIpc) is 2.53. The van der Waals surface area contributed by atoms with Gasteiger partial charge in [0.25, 0.3) is 0 Å². The van der Waals surface area contributed by atoms with E-state index in [1.165, 1.54) is 18.2 Å². The molecule has 3 rings (SSSR count). The van der Waals surface area contributed by atoms with Crippen LogP contribution in [-0.4, -0.2) is 20.2 Å². The molecule has 0 aliphatic heterocycles. The largest absolute Gasteiger partial charge is 0.497 e. The molecule has 120 valence electrons. The highest BCUT2D eigenvalue weighted by atomic mass is 16.5. The van der Waals surface area contributed by atoms with Crippen LogP contribution in [0.15, 0.2) is 18.2 Å². The predicted molar refractivity (Wildman–Crippen MR) is 86.1 cm³/mol. The van der Waals surface area contributed by atoms with Crippen LogP contribution in [0.25, 0.3) is 0 Å². The molecule has 2 aliphatic carbocycles. The molecule has 1 saturated carbocycles. The maximum absolute atomic E-state index is 12.5. The molecule has 1 aromatic rings. The second-order valence-electron chi connectivity index (χ2n) is 7.29. The van der Waals surface area contributed by atoms with Crippen molar-refractivity contribution in [1.29, 1.82) is 0 Å². The molecule has 0 N–H and O–H groups in total. The SMILES string of the molecule is COC(=O)[C@]1(C)CCC[C@]2(C)c3cc(OC)ccc3CC[C@@H]12. The van der Waals surface area contributed by atoms with Crippen LogP contribution in [0.2, 0.25) is 0 Å². The zero-order valence-corrected chi connectivity index (χ0v) is 14.1. The summed E-state index contributed by atoms with van der Waals surface area (Å²) >= 11 is 0. The van der Waals surface area contributed by atoms with E-state index in [2.05, 4.69) is 26.0 Å². The van der Waals surface area contributed by atoms with Crippen LogP contribution in [0.1, 0.15) is 50.7 Å². The molecule has 0 radical (unpaired) electrons. The standard InChI is InChI=1S/C19H26O3/c1-18-10-5-11-19(2,17(20)22-4)16(18)9-7-13-6-8-14(21-3)12-15(13)18/h6,8,12,16H,5,7,9-11H2,1-4H3/t16-,18-,19-/m1/s1. The van der Waals surface area contributed by atoms with Crippen LogP contribution in [0.4, 0.5) is 0 Å². The highest BCUT2D eigenvalue weighted by Gasteiger charge is 2.55. The van der Waals surface area contributed by atoms with Crippen molar-refractivity contribution in [2.75, 3.05) is 14.2 Å². The first-order valence-electron chi connectivity index (χ1n) is 8.21. The Kier molecular flexibility index (Phi) is 3.70. The van der Waals surface area contributed by atoms with E-state index in [1.54, 1.807) is 7.11 Å². The van der Waals surface area contributed by atoms with Crippen LogP contribution in [0.5, 0.6) is 5.75 Å². The minimum absolute atomic E-state index is 0.0311. The van der Waals surface area contributed by atoms with Crippen LogP contribution in [0.3, 0.4) is 0 Å². The maximum atomic E-state index is 12.5. The molecule has 0 saturated heterocycles. The summed E-state index contributed by atoms with van der Waals surface area (Å²) in [6, 6.07) is 6.43. The molecule has 22 heavy (non-hydrogen) atoms. The molecule has 0 heterocycles. The van der Waals surface area contributed by atoms with Crippen molar-refractivity contribution in [2.45, 2.75) is 51.4 Å². The van der Waals surface area contributed by atoms with E-state index < -0.39 is 0 Å². The van der Waals surface area contributed by atoms with Crippen molar-refractivity contribution in [1.82, 2.24) is 0 Å². The minimum atomic E-state index is -0.373. The molecule has 0 spiro atoms. The monoisotopic (exact) mass is 302 g/mol. The molecule has 2 aliphatic rings. The van der Waals surface area contributed by atoms with Crippen molar-refractivity contribution >= 4 is 5.97 Å². The van der Waals surface area contributed by atoms with E-state index in [9.17, 15) is 4.79 Å². The van der Waals surface area contributed by atoms with E-state index in [0.717, 1.165) is 37.9 Å². The lowest BCUT2D eigenvalue weighted by Crippen LogP contribution is -2.52. The molecule has 3 nitrogen and oxygen atoms in total. The fourth-order valence-corrected chi connectivity index (χ4v) is 5.04. The van der Waals surface area contributed by atoms with Gasteiger partial charge in [-0.05, 0) is 67.2 Å². The topological polar surface area (TPSA) is 35.5 Å². The number of esters is 1. The summed E-state index contributed by atoms with van der Waals surface area (Å²) in [5.41, 5.74) is 2.44. The Bertz CT molecular complexity index is 594. The second kappa shape index (κ2) is 5.29. The van der Waals surface area contributed by atoms with Crippen molar-refractivity contribution in [2.24, 2.45) is 11.3 Å². The van der Waals surface area contributed by atoms with Gasteiger partial charge in [-0.3, -0.25) is 4.79 Å². The lowest BCUT2D eigenvalue weighted by Gasteiger charge is -2.54. The number of fused-ring (bicyclic) bond motifs is 3. The molecular weight excluding hydrogens is 276 g/mol. The van der Waals surface area contributed by atoms with E-state index in [-0.39, 0.29) is 16.8 Å². The van der Waals surface area contributed by atoms with Gasteiger partial charge < -0.3 is 9.47 Å². The van der Waals surface area contributed by atoms with Crippen LogP contribution in [0, 0.1) is 11.3 Å². The summed E-state index contributed by atoms with van der Waals surface area (Å²) in [5.74, 6) is 1.20. The molecular formula is C19H26O3. The van der Waals surface area contributed by atoms with Crippen molar-refractivity contribution in [3.05, 3.63) is 29.3 Å². The molecule has 0 amide bonds. The quantitative estimate of drug-likeness (QED) is 0.778. The summed E-state index contributed by atoms with van der Waals surface area (Å²) in [7, 11) is 3.23. The number of methoxy groups -OCH3 is 2. The van der Waals surface area contributed by atoms with Crippen molar-refractivity contribution in [3.8, 4) is 5.75 Å². The summed E-state index contributed by atoms with van der Waals surface area (Å²) in [4.78, 5) is 12.5. The summed E-state index contributed by atoms with van der Waals surface area (Å²) < 4.78 is 10.6. The van der Waals surface area contributed by atoms with Gasteiger partial charge in [0.1, 0.15) is 5.75 Å². The van der Waals surface area contributed by atoms with Gasteiger partial charge in [0.15, 0.2) is 0 Å². The first kappa shape index (κ1) is 15.4. The zero-order chi connectivity index (χ0) is 16.0. The number of ether oxygens (including phenoxy) is 2. The number of carbonyl (C=O) groups is 1. The van der Waals surface area contributed by atoms with E-state index in [0.29, 0.717) is 5.92 Å². The third-order valence-corrected chi connectivity index (χ3v) is 6.22. The van der Waals surface area contributed by atoms with Crippen LogP contribution < -0.4 is 4.74 Å². The zero-order valence-electron chi connectivity index (χ0n) is 14.1. The third kappa shape index (κ3) is 2.05. The number of aryl methyl sites for hydroxylation is 1. The van der Waals surface area contributed by atoms with E-state index in [4.69, 9.17) is 9.47 Å². The van der Waals surface area contributed by atoms with Gasteiger partial charge in [-0.1, -0.05) is 19.4 Å². The molecule has 1 fully saturated rings. The first-order chi connectivity index (χ1) is 10.5. The lowest BCUT2D eigenvalue weighted by atomic mass is 9.50. The van der Waals surface area contributed by atoms with Gasteiger partial charge in [0, 0.05) is 0 Å². The fraction of sp³-hybridized carbons (Fsp3) is 0.632. The fourth-order valence-electron chi connectivity index (χ4n) is 5.04. The average molecular weight is 302 g/mol. The summed E-state index contributed by atoms with van der Waals surface area (Å²) in [5, 5.41) is 0. The Labute approximate surface area is 133 Å². The maximum Gasteiger partial charge on any atom is 0.311 e. The first-order valence-corrected chi connectivity index (χ1v) is 8.21. The smallest absolute Gasteiger partial charge is 0.311 e. The molecule has 3 atom stereocenters. The summed E-state index contributed by atoms with van der Waals surface area (Å²) in [6.07, 6.45) is 5.21. The van der Waals surface area contributed by atoms with Gasteiger partial charge in [-0.2, -0.15) is 0 Å². The van der Waals surface area contributed by atoms with E-state index in [1.807, 2.05) is 6.07 Å². The Morgan fingerprint density at radius 3 is 2.68 bits per heavy atom. The van der Waals surface area contributed by atoms with Crippen LogP contribution in [-0.2, 0) is 21.4 Å². The Hall–Kier alpha value is -1.51. The Morgan fingerprint density at radius 1 is 1.23 bits per heavy atom. The van der Waals surface area contributed by atoms with Crippen molar-refractivity contribution < 1.29 is 14.3 Å². The van der Waals surface area contributed by atoms with Gasteiger partial charge >= 0.3 is 5.97 Å². The van der Waals surface area contributed by atoms with Crippen LogP contribution >= 0.6 is 0 Å². The number of carbonyl (C=O) groups excluding carboxylic acids is 1. The molecule has 0 unspecified atom stereocenters. The third-order valence-electron chi connectivity index (χ3n) is 6.22. The number of rotatable bonds is 2. The number of hydrogen-bond donors (Lipinski definition) is 0.